The Morgan fingerprint density at radius 1 is 0.444 bits per heavy atom. The molecule has 6 heteroatoms. The Balaban J connectivity index is 1.06. The van der Waals surface area contributed by atoms with E-state index >= 15 is 0 Å². The molecule has 0 N–H and O–H groups in total. The second kappa shape index (κ2) is 11.5. The van der Waals surface area contributed by atoms with Crippen LogP contribution >= 0.6 is 0 Å². The fraction of sp³-hybridized carbons (Fsp3) is 0.0625. The minimum absolute atomic E-state index is 0.168. The fourth-order valence-corrected chi connectivity index (χ4v) is 8.29. The van der Waals surface area contributed by atoms with Crippen LogP contribution in [0.25, 0.3) is 100 Å². The first-order chi connectivity index (χ1) is 26.5. The lowest BCUT2D eigenvalue weighted by atomic mass is 9.82. The molecule has 1 aliphatic carbocycles. The van der Waals surface area contributed by atoms with E-state index in [2.05, 4.69) is 135 Å². The summed E-state index contributed by atoms with van der Waals surface area (Å²) in [7, 11) is 0. The second-order valence-corrected chi connectivity index (χ2v) is 14.5. The average Bonchev–Trinajstić information content (AvgIpc) is 3.71. The third kappa shape index (κ3) is 4.63. The van der Waals surface area contributed by atoms with Crippen molar-refractivity contribution in [1.82, 2.24) is 24.9 Å². The number of hydrogen-bond donors (Lipinski definition) is 0. The molecule has 0 atom stereocenters. The van der Waals surface area contributed by atoms with Crippen molar-refractivity contribution < 1.29 is 4.42 Å². The molecule has 0 unspecified atom stereocenters. The molecule has 54 heavy (non-hydrogen) atoms. The van der Waals surface area contributed by atoms with Crippen LogP contribution < -0.4 is 0 Å². The number of hydrogen-bond acceptors (Lipinski definition) is 6. The van der Waals surface area contributed by atoms with Crippen LogP contribution in [0, 0.1) is 0 Å². The van der Waals surface area contributed by atoms with Crippen molar-refractivity contribution in [2.75, 3.05) is 0 Å². The van der Waals surface area contributed by atoms with E-state index in [1.165, 1.54) is 49.4 Å². The van der Waals surface area contributed by atoms with Crippen molar-refractivity contribution in [3.63, 3.8) is 0 Å². The first-order valence-corrected chi connectivity index (χ1v) is 18.2. The molecule has 7 aromatic carbocycles. The number of para-hydroxylation sites is 1. The van der Waals surface area contributed by atoms with Gasteiger partial charge in [-0.3, -0.25) is 0 Å². The lowest BCUT2D eigenvalue weighted by Crippen LogP contribution is -2.15. The van der Waals surface area contributed by atoms with E-state index in [1.807, 2.05) is 24.3 Å². The first kappa shape index (κ1) is 30.6. The predicted octanol–water partition coefficient (Wildman–Crippen LogP) is 11.8. The largest absolute Gasteiger partial charge is 0.438 e. The maximum absolute atomic E-state index is 6.14. The Morgan fingerprint density at radius 2 is 1.09 bits per heavy atom. The van der Waals surface area contributed by atoms with Gasteiger partial charge in [0.1, 0.15) is 5.58 Å². The third-order valence-corrected chi connectivity index (χ3v) is 11.0. The molecule has 0 radical (unpaired) electrons. The van der Waals surface area contributed by atoms with Gasteiger partial charge in [-0.2, -0.15) is 4.98 Å². The lowest BCUT2D eigenvalue weighted by molar-refractivity contribution is 0.653. The number of rotatable bonds is 4. The molecule has 0 spiro atoms. The highest BCUT2D eigenvalue weighted by atomic mass is 16.3. The van der Waals surface area contributed by atoms with E-state index in [1.54, 1.807) is 6.20 Å². The highest BCUT2D eigenvalue weighted by Crippen LogP contribution is 2.49. The van der Waals surface area contributed by atoms with Crippen molar-refractivity contribution in [2.45, 2.75) is 19.3 Å². The van der Waals surface area contributed by atoms with Gasteiger partial charge >= 0.3 is 0 Å². The van der Waals surface area contributed by atoms with Gasteiger partial charge in [0.15, 0.2) is 11.6 Å². The molecule has 0 fully saturated rings. The van der Waals surface area contributed by atoms with E-state index < -0.39 is 0 Å². The monoisotopic (exact) mass is 693 g/mol. The van der Waals surface area contributed by atoms with Gasteiger partial charge in [-0.25, -0.2) is 19.9 Å². The van der Waals surface area contributed by atoms with Crippen LogP contribution in [-0.4, -0.2) is 24.9 Å². The molecular formula is C48H31N5O. The number of furan rings is 1. The SMILES string of the molecule is CC1(C)c2ccccc2-c2ccc(-c3nc(-c4ccc(-c5cccc6ccc7ccccc7c56)cc4)nc(-c4ncc5c(n4)oc4ccccc45)n3)cc21. The van der Waals surface area contributed by atoms with Gasteiger partial charge in [0.2, 0.25) is 17.4 Å². The number of aromatic nitrogens is 5. The van der Waals surface area contributed by atoms with Crippen LogP contribution in [0.4, 0.5) is 0 Å². The van der Waals surface area contributed by atoms with E-state index in [9.17, 15) is 0 Å². The minimum Gasteiger partial charge on any atom is -0.438 e. The summed E-state index contributed by atoms with van der Waals surface area (Å²) in [6.45, 7) is 4.56. The number of nitrogens with zero attached hydrogens (tertiary/aromatic N) is 5. The van der Waals surface area contributed by atoms with Crippen molar-refractivity contribution in [1.29, 1.82) is 0 Å². The number of fused-ring (bicyclic) bond motifs is 9. The van der Waals surface area contributed by atoms with Gasteiger partial charge < -0.3 is 4.42 Å². The summed E-state index contributed by atoms with van der Waals surface area (Å²) in [4.78, 5) is 24.7. The summed E-state index contributed by atoms with van der Waals surface area (Å²) in [5.74, 6) is 1.85. The van der Waals surface area contributed by atoms with Crippen LogP contribution in [-0.2, 0) is 5.41 Å². The van der Waals surface area contributed by atoms with Crippen LogP contribution in [0.5, 0.6) is 0 Å². The van der Waals surface area contributed by atoms with Gasteiger partial charge in [-0.05, 0) is 67.1 Å². The molecule has 0 aliphatic heterocycles. The van der Waals surface area contributed by atoms with Crippen LogP contribution in [0.2, 0.25) is 0 Å². The van der Waals surface area contributed by atoms with Crippen LogP contribution in [0.3, 0.4) is 0 Å². The molecule has 11 rings (SSSR count). The third-order valence-electron chi connectivity index (χ3n) is 11.0. The molecule has 10 aromatic rings. The fourth-order valence-electron chi connectivity index (χ4n) is 8.29. The molecule has 0 amide bonds. The number of benzene rings is 7. The standard InChI is InChI=1S/C48H31N5O/c1-48(2)39-16-7-5-13-35(39)36-25-24-32(26-40(36)48)44-50-43(51-46(52-44)45-49-27-38-37-14-6-8-17-41(37)54-47(38)53-45)31-22-19-29(20-23-31)34-15-9-11-30-21-18-28-10-3-4-12-33(28)42(30)34/h3-27H,1-2H3. The lowest BCUT2D eigenvalue weighted by Gasteiger charge is -2.21. The van der Waals surface area contributed by atoms with E-state index in [0.29, 0.717) is 29.0 Å². The van der Waals surface area contributed by atoms with Crippen molar-refractivity contribution in [3.8, 4) is 56.7 Å². The van der Waals surface area contributed by atoms with Crippen molar-refractivity contribution in [2.24, 2.45) is 0 Å². The van der Waals surface area contributed by atoms with Gasteiger partial charge in [-0.15, -0.1) is 0 Å². The quantitative estimate of drug-likeness (QED) is 0.171. The van der Waals surface area contributed by atoms with E-state index in [4.69, 9.17) is 29.3 Å². The Hall–Kier alpha value is -7.05. The molecule has 0 saturated heterocycles. The van der Waals surface area contributed by atoms with E-state index in [-0.39, 0.29) is 5.41 Å². The van der Waals surface area contributed by atoms with Crippen LogP contribution in [0.15, 0.2) is 156 Å². The van der Waals surface area contributed by atoms with Gasteiger partial charge in [0, 0.05) is 28.1 Å². The molecule has 254 valence electrons. The summed E-state index contributed by atoms with van der Waals surface area (Å²) in [6, 6.07) is 51.0. The molecule has 1 aliphatic rings. The maximum atomic E-state index is 6.14. The predicted molar refractivity (Wildman–Crippen MR) is 217 cm³/mol. The zero-order valence-electron chi connectivity index (χ0n) is 29.6. The normalized spacial score (nSPS) is 13.1. The molecule has 0 saturated carbocycles. The Bertz CT molecular complexity index is 3140. The Labute approximate surface area is 310 Å². The minimum atomic E-state index is -0.168. The summed E-state index contributed by atoms with van der Waals surface area (Å²) in [5.41, 5.74) is 10.2. The van der Waals surface area contributed by atoms with Gasteiger partial charge in [0.05, 0.1) is 5.39 Å². The summed E-state index contributed by atoms with van der Waals surface area (Å²) >= 11 is 0. The van der Waals surface area contributed by atoms with Crippen molar-refractivity contribution >= 4 is 43.6 Å². The summed E-state index contributed by atoms with van der Waals surface area (Å²) in [6.07, 6.45) is 1.80. The second-order valence-electron chi connectivity index (χ2n) is 14.5. The molecule has 3 aromatic heterocycles. The smallest absolute Gasteiger partial charge is 0.231 e. The first-order valence-electron chi connectivity index (χ1n) is 18.2. The molecule has 3 heterocycles. The molecule has 0 bridgehead atoms. The maximum Gasteiger partial charge on any atom is 0.231 e. The van der Waals surface area contributed by atoms with Crippen molar-refractivity contribution in [3.05, 3.63) is 163 Å². The summed E-state index contributed by atoms with van der Waals surface area (Å²) < 4.78 is 6.14. The zero-order chi connectivity index (χ0) is 36.0. The Kier molecular flexibility index (Phi) is 6.49. The van der Waals surface area contributed by atoms with Gasteiger partial charge in [0.25, 0.3) is 0 Å². The highest BCUT2D eigenvalue weighted by Gasteiger charge is 2.35. The highest BCUT2D eigenvalue weighted by molar-refractivity contribution is 6.14. The molecular weight excluding hydrogens is 663 g/mol. The topological polar surface area (TPSA) is 77.6 Å². The summed E-state index contributed by atoms with van der Waals surface area (Å²) in [5, 5.41) is 6.74. The Morgan fingerprint density at radius 3 is 1.98 bits per heavy atom. The van der Waals surface area contributed by atoms with E-state index in [0.717, 1.165) is 33.0 Å². The molecule has 6 nitrogen and oxygen atoms in total. The zero-order valence-corrected chi connectivity index (χ0v) is 29.6. The van der Waals surface area contributed by atoms with Crippen LogP contribution in [0.1, 0.15) is 25.0 Å². The average molecular weight is 694 g/mol. The van der Waals surface area contributed by atoms with Gasteiger partial charge in [-0.1, -0.05) is 147 Å².